The minimum atomic E-state index is 0.0847. The molecule has 1 saturated heterocycles. The molecule has 126 valence electrons. The molecule has 4 nitrogen and oxygen atoms in total. The Kier molecular flexibility index (Phi) is 5.30. The van der Waals surface area contributed by atoms with Crippen molar-refractivity contribution in [1.29, 1.82) is 0 Å². The number of thiazole rings is 1. The van der Waals surface area contributed by atoms with E-state index in [-0.39, 0.29) is 5.91 Å². The van der Waals surface area contributed by atoms with Gasteiger partial charge in [0.2, 0.25) is 5.91 Å². The summed E-state index contributed by atoms with van der Waals surface area (Å²) in [5.74, 6) is 0.0847. The van der Waals surface area contributed by atoms with Crippen LogP contribution < -0.4 is 4.90 Å². The molecule has 1 aliphatic rings. The van der Waals surface area contributed by atoms with Crippen molar-refractivity contribution in [3.8, 4) is 0 Å². The topological polar surface area (TPSA) is 36.4 Å². The molecule has 1 aromatic carbocycles. The number of anilines is 1. The summed E-state index contributed by atoms with van der Waals surface area (Å²) in [5.41, 5.74) is 2.10. The molecule has 0 bridgehead atoms. The van der Waals surface area contributed by atoms with Gasteiger partial charge in [0.05, 0.1) is 10.7 Å². The lowest BCUT2D eigenvalue weighted by Gasteiger charge is -2.37. The normalized spacial score (nSPS) is 15.8. The number of aromatic nitrogens is 1. The Morgan fingerprint density at radius 1 is 1.29 bits per heavy atom. The van der Waals surface area contributed by atoms with Crippen LogP contribution in [0.25, 0.3) is 6.08 Å². The van der Waals surface area contributed by atoms with Crippen molar-refractivity contribution < 1.29 is 4.79 Å². The molecule has 0 saturated carbocycles. The van der Waals surface area contributed by atoms with Crippen LogP contribution in [0.5, 0.6) is 0 Å². The fraction of sp³-hybridized carbons (Fsp3) is 0.368. The van der Waals surface area contributed by atoms with E-state index < -0.39 is 0 Å². The Bertz CT molecular complexity index is 702. The molecule has 1 aliphatic heterocycles. The van der Waals surface area contributed by atoms with Gasteiger partial charge in [-0.15, -0.1) is 11.3 Å². The number of aryl methyl sites for hydroxylation is 1. The number of carbonyl (C=O) groups excluding carboxylic acids is 1. The SMILES string of the molecule is Cc1nc(C=CC(=O)N2CCC(N(C)c3ccccc3)CC2)cs1. The Hall–Kier alpha value is -2.14. The zero-order valence-corrected chi connectivity index (χ0v) is 15.0. The second kappa shape index (κ2) is 7.62. The van der Waals surface area contributed by atoms with Gasteiger partial charge in [0.15, 0.2) is 0 Å². The van der Waals surface area contributed by atoms with E-state index in [4.69, 9.17) is 0 Å². The fourth-order valence-electron chi connectivity index (χ4n) is 3.07. The number of likely N-dealkylation sites (tertiary alicyclic amines) is 1. The maximum absolute atomic E-state index is 12.3. The molecular weight excluding hydrogens is 318 g/mol. The number of hydrogen-bond acceptors (Lipinski definition) is 4. The highest BCUT2D eigenvalue weighted by Gasteiger charge is 2.24. The molecule has 2 aromatic rings. The molecule has 3 rings (SSSR count). The third-order valence-electron chi connectivity index (χ3n) is 4.52. The first-order valence-corrected chi connectivity index (χ1v) is 9.18. The summed E-state index contributed by atoms with van der Waals surface area (Å²) in [5, 5.41) is 2.99. The molecule has 0 aliphatic carbocycles. The highest BCUT2D eigenvalue weighted by atomic mass is 32.1. The second-order valence-electron chi connectivity index (χ2n) is 6.13. The molecule has 5 heteroatoms. The van der Waals surface area contributed by atoms with Crippen molar-refractivity contribution in [2.24, 2.45) is 0 Å². The van der Waals surface area contributed by atoms with Gasteiger partial charge in [0.1, 0.15) is 0 Å². The van der Waals surface area contributed by atoms with Crippen LogP contribution in [0.2, 0.25) is 0 Å². The van der Waals surface area contributed by atoms with E-state index >= 15 is 0 Å². The van der Waals surface area contributed by atoms with E-state index in [1.807, 2.05) is 29.3 Å². The zero-order valence-electron chi connectivity index (χ0n) is 14.2. The summed E-state index contributed by atoms with van der Waals surface area (Å²) in [6, 6.07) is 10.9. The van der Waals surface area contributed by atoms with E-state index in [0.29, 0.717) is 6.04 Å². The molecule has 0 atom stereocenters. The van der Waals surface area contributed by atoms with Crippen molar-refractivity contribution in [3.63, 3.8) is 0 Å². The van der Waals surface area contributed by atoms with Gasteiger partial charge >= 0.3 is 0 Å². The van der Waals surface area contributed by atoms with Crippen LogP contribution in [0.4, 0.5) is 5.69 Å². The van der Waals surface area contributed by atoms with Gasteiger partial charge in [0, 0.05) is 43.3 Å². The van der Waals surface area contributed by atoms with Crippen molar-refractivity contribution in [2.45, 2.75) is 25.8 Å². The Balaban J connectivity index is 1.53. The number of rotatable bonds is 4. The van der Waals surface area contributed by atoms with E-state index in [2.05, 4.69) is 41.2 Å². The molecule has 0 N–H and O–H groups in total. The standard InChI is InChI=1S/C19H23N3OS/c1-15-20-16(14-24-15)8-9-19(23)22-12-10-18(11-13-22)21(2)17-6-4-3-5-7-17/h3-9,14,18H,10-13H2,1-2H3. The van der Waals surface area contributed by atoms with Gasteiger partial charge in [0.25, 0.3) is 0 Å². The Morgan fingerprint density at radius 3 is 2.62 bits per heavy atom. The fourth-order valence-corrected chi connectivity index (χ4v) is 3.65. The largest absolute Gasteiger partial charge is 0.371 e. The summed E-state index contributed by atoms with van der Waals surface area (Å²) in [6.07, 6.45) is 5.46. The molecule has 1 fully saturated rings. The third-order valence-corrected chi connectivity index (χ3v) is 5.31. The quantitative estimate of drug-likeness (QED) is 0.798. The molecule has 0 radical (unpaired) electrons. The predicted octanol–water partition coefficient (Wildman–Crippen LogP) is 3.59. The van der Waals surface area contributed by atoms with E-state index in [9.17, 15) is 4.79 Å². The van der Waals surface area contributed by atoms with Crippen LogP contribution in [0.15, 0.2) is 41.8 Å². The Labute approximate surface area is 147 Å². The minimum absolute atomic E-state index is 0.0847. The first-order chi connectivity index (χ1) is 11.6. The number of amides is 1. The number of nitrogens with zero attached hydrogens (tertiary/aromatic N) is 3. The van der Waals surface area contributed by atoms with Gasteiger partial charge < -0.3 is 9.80 Å². The number of benzene rings is 1. The van der Waals surface area contributed by atoms with Gasteiger partial charge in [-0.2, -0.15) is 0 Å². The van der Waals surface area contributed by atoms with Gasteiger partial charge in [-0.05, 0) is 38.0 Å². The van der Waals surface area contributed by atoms with Crippen molar-refractivity contribution in [3.05, 3.63) is 52.5 Å². The summed E-state index contributed by atoms with van der Waals surface area (Å²) in [6.45, 7) is 3.58. The van der Waals surface area contributed by atoms with Crippen LogP contribution in [-0.2, 0) is 4.79 Å². The number of carbonyl (C=O) groups is 1. The number of piperidine rings is 1. The first kappa shape index (κ1) is 16.7. The lowest BCUT2D eigenvalue weighted by molar-refractivity contribution is -0.126. The average Bonchev–Trinajstić information content (AvgIpc) is 3.05. The van der Waals surface area contributed by atoms with Crippen LogP contribution in [0, 0.1) is 6.92 Å². The maximum atomic E-state index is 12.3. The van der Waals surface area contributed by atoms with Crippen molar-refractivity contribution in [1.82, 2.24) is 9.88 Å². The lowest BCUT2D eigenvalue weighted by atomic mass is 10.0. The van der Waals surface area contributed by atoms with Gasteiger partial charge in [-0.25, -0.2) is 4.98 Å². The smallest absolute Gasteiger partial charge is 0.246 e. The maximum Gasteiger partial charge on any atom is 0.246 e. The number of para-hydroxylation sites is 1. The minimum Gasteiger partial charge on any atom is -0.371 e. The molecule has 0 unspecified atom stereocenters. The lowest BCUT2D eigenvalue weighted by Crippen LogP contribution is -2.45. The average molecular weight is 341 g/mol. The number of hydrogen-bond donors (Lipinski definition) is 0. The van der Waals surface area contributed by atoms with Crippen LogP contribution in [-0.4, -0.2) is 42.0 Å². The first-order valence-electron chi connectivity index (χ1n) is 8.30. The summed E-state index contributed by atoms with van der Waals surface area (Å²) in [7, 11) is 2.14. The summed E-state index contributed by atoms with van der Waals surface area (Å²) >= 11 is 1.60. The molecule has 1 aromatic heterocycles. The van der Waals surface area contributed by atoms with Crippen molar-refractivity contribution >= 4 is 29.0 Å². The van der Waals surface area contributed by atoms with Crippen LogP contribution >= 0.6 is 11.3 Å². The zero-order chi connectivity index (χ0) is 16.9. The van der Waals surface area contributed by atoms with E-state index in [1.54, 1.807) is 17.4 Å². The Morgan fingerprint density at radius 2 is 2.00 bits per heavy atom. The monoisotopic (exact) mass is 341 g/mol. The van der Waals surface area contributed by atoms with Crippen LogP contribution in [0.3, 0.4) is 0 Å². The van der Waals surface area contributed by atoms with E-state index in [1.165, 1.54) is 5.69 Å². The molecule has 1 amide bonds. The molecule has 2 heterocycles. The van der Waals surface area contributed by atoms with Crippen LogP contribution in [0.1, 0.15) is 23.5 Å². The molecule has 0 spiro atoms. The third kappa shape index (κ3) is 4.03. The highest BCUT2D eigenvalue weighted by molar-refractivity contribution is 7.09. The van der Waals surface area contributed by atoms with E-state index in [0.717, 1.165) is 36.6 Å². The van der Waals surface area contributed by atoms with Crippen molar-refractivity contribution in [2.75, 3.05) is 25.0 Å². The second-order valence-corrected chi connectivity index (χ2v) is 7.19. The van der Waals surface area contributed by atoms with Gasteiger partial charge in [-0.3, -0.25) is 4.79 Å². The predicted molar refractivity (Wildman–Crippen MR) is 100 cm³/mol. The molecule has 24 heavy (non-hydrogen) atoms. The molecular formula is C19H23N3OS. The summed E-state index contributed by atoms with van der Waals surface area (Å²) in [4.78, 5) is 20.9. The van der Waals surface area contributed by atoms with Gasteiger partial charge in [-0.1, -0.05) is 18.2 Å². The summed E-state index contributed by atoms with van der Waals surface area (Å²) < 4.78 is 0. The highest BCUT2D eigenvalue weighted by Crippen LogP contribution is 2.22.